The van der Waals surface area contributed by atoms with Crippen LogP contribution in [0.4, 0.5) is 4.39 Å². The van der Waals surface area contributed by atoms with E-state index in [1.807, 2.05) is 6.07 Å². The first-order valence-electron chi connectivity index (χ1n) is 5.14. The molecule has 0 radical (unpaired) electrons. The molecule has 0 aliphatic carbocycles. The Morgan fingerprint density at radius 3 is 2.64 bits per heavy atom. The van der Waals surface area contributed by atoms with E-state index in [0.717, 1.165) is 19.3 Å². The molecular formula is C12H17FO. The van der Waals surface area contributed by atoms with Crippen LogP contribution in [0.25, 0.3) is 0 Å². The molecule has 0 aliphatic rings. The van der Waals surface area contributed by atoms with E-state index in [2.05, 4.69) is 6.92 Å². The van der Waals surface area contributed by atoms with Crippen LogP contribution >= 0.6 is 0 Å². The van der Waals surface area contributed by atoms with Gasteiger partial charge in [0.05, 0.1) is 6.61 Å². The Bertz CT molecular complexity index is 273. The van der Waals surface area contributed by atoms with Crippen molar-refractivity contribution in [3.63, 3.8) is 0 Å². The van der Waals surface area contributed by atoms with Gasteiger partial charge in [0.25, 0.3) is 0 Å². The minimum atomic E-state index is -0.206. The molecule has 0 heterocycles. The van der Waals surface area contributed by atoms with E-state index in [1.165, 1.54) is 6.07 Å². The lowest BCUT2D eigenvalue weighted by Gasteiger charge is -2.14. The second kappa shape index (κ2) is 5.76. The molecule has 1 nitrogen and oxygen atoms in total. The van der Waals surface area contributed by atoms with Crippen molar-refractivity contribution in [2.75, 3.05) is 6.61 Å². The predicted octanol–water partition coefficient (Wildman–Crippen LogP) is 3.09. The van der Waals surface area contributed by atoms with E-state index in [-0.39, 0.29) is 18.3 Å². The normalized spacial score (nSPS) is 12.8. The van der Waals surface area contributed by atoms with Crippen LogP contribution in [-0.2, 0) is 0 Å². The largest absolute Gasteiger partial charge is 0.396 e. The summed E-state index contributed by atoms with van der Waals surface area (Å²) in [6.07, 6.45) is 2.96. The van der Waals surface area contributed by atoms with E-state index in [0.29, 0.717) is 5.56 Å². The van der Waals surface area contributed by atoms with Crippen LogP contribution in [-0.4, -0.2) is 11.7 Å². The first-order valence-corrected chi connectivity index (χ1v) is 5.14. The highest BCUT2D eigenvalue weighted by atomic mass is 19.1. The van der Waals surface area contributed by atoms with Crippen molar-refractivity contribution >= 4 is 0 Å². The average molecular weight is 196 g/mol. The molecule has 0 bridgehead atoms. The lowest BCUT2D eigenvalue weighted by Crippen LogP contribution is -2.06. The molecule has 2 heteroatoms. The predicted molar refractivity (Wildman–Crippen MR) is 55.8 cm³/mol. The summed E-state index contributed by atoms with van der Waals surface area (Å²) >= 11 is 0. The Morgan fingerprint density at radius 1 is 1.36 bits per heavy atom. The Balaban J connectivity index is 2.73. The van der Waals surface area contributed by atoms with Gasteiger partial charge >= 0.3 is 0 Å². The van der Waals surface area contributed by atoms with E-state index in [1.54, 1.807) is 12.1 Å². The summed E-state index contributed by atoms with van der Waals surface area (Å²) < 4.78 is 13.3. The number of aliphatic hydroxyl groups is 1. The number of unbranched alkanes of at least 4 members (excludes halogenated alkanes) is 1. The van der Waals surface area contributed by atoms with Gasteiger partial charge in [0.2, 0.25) is 0 Å². The maximum atomic E-state index is 13.3. The van der Waals surface area contributed by atoms with Gasteiger partial charge in [-0.3, -0.25) is 0 Å². The third-order valence-corrected chi connectivity index (χ3v) is 2.47. The molecule has 0 saturated carbocycles. The number of benzene rings is 1. The monoisotopic (exact) mass is 196 g/mol. The van der Waals surface area contributed by atoms with Crippen molar-refractivity contribution in [2.45, 2.75) is 32.1 Å². The second-order valence-electron chi connectivity index (χ2n) is 3.54. The number of hydrogen-bond acceptors (Lipinski definition) is 1. The third-order valence-electron chi connectivity index (χ3n) is 2.47. The highest BCUT2D eigenvalue weighted by Crippen LogP contribution is 2.23. The fourth-order valence-electron chi connectivity index (χ4n) is 1.60. The second-order valence-corrected chi connectivity index (χ2v) is 3.54. The minimum Gasteiger partial charge on any atom is -0.396 e. The molecule has 0 saturated heterocycles. The molecule has 0 amide bonds. The summed E-state index contributed by atoms with van der Waals surface area (Å²) in [5, 5.41) is 9.16. The summed E-state index contributed by atoms with van der Waals surface area (Å²) in [7, 11) is 0. The van der Waals surface area contributed by atoms with Gasteiger partial charge in [-0.05, 0) is 18.1 Å². The first-order chi connectivity index (χ1) is 6.79. The molecule has 14 heavy (non-hydrogen) atoms. The Labute approximate surface area is 84.6 Å². The van der Waals surface area contributed by atoms with Crippen LogP contribution in [0.2, 0.25) is 0 Å². The molecule has 78 valence electrons. The quantitative estimate of drug-likeness (QED) is 0.767. The molecular weight excluding hydrogens is 179 g/mol. The Kier molecular flexibility index (Phi) is 4.60. The number of rotatable bonds is 5. The zero-order valence-electron chi connectivity index (χ0n) is 8.54. The van der Waals surface area contributed by atoms with Crippen LogP contribution in [0.5, 0.6) is 0 Å². The summed E-state index contributed by atoms with van der Waals surface area (Å²) in [5.74, 6) is -0.251. The molecule has 0 fully saturated rings. The summed E-state index contributed by atoms with van der Waals surface area (Å²) in [6, 6.07) is 6.69. The van der Waals surface area contributed by atoms with Crippen molar-refractivity contribution < 1.29 is 9.50 Å². The van der Waals surface area contributed by atoms with Crippen LogP contribution in [0.1, 0.15) is 37.7 Å². The highest BCUT2D eigenvalue weighted by molar-refractivity contribution is 5.21. The van der Waals surface area contributed by atoms with E-state index in [9.17, 15) is 4.39 Å². The van der Waals surface area contributed by atoms with E-state index >= 15 is 0 Å². The molecule has 1 aromatic carbocycles. The Morgan fingerprint density at radius 2 is 2.07 bits per heavy atom. The molecule has 0 aromatic heterocycles. The topological polar surface area (TPSA) is 20.2 Å². The molecule has 1 atom stereocenters. The van der Waals surface area contributed by atoms with Crippen molar-refractivity contribution in [2.24, 2.45) is 0 Å². The highest BCUT2D eigenvalue weighted by Gasteiger charge is 2.13. The van der Waals surface area contributed by atoms with Crippen LogP contribution in [0, 0.1) is 5.82 Å². The lowest BCUT2D eigenvalue weighted by molar-refractivity contribution is 0.254. The molecule has 1 N–H and O–H groups in total. The van der Waals surface area contributed by atoms with Crippen LogP contribution in [0.15, 0.2) is 24.3 Å². The van der Waals surface area contributed by atoms with E-state index in [4.69, 9.17) is 5.11 Å². The van der Waals surface area contributed by atoms with Crippen molar-refractivity contribution in [1.29, 1.82) is 0 Å². The minimum absolute atomic E-state index is 0.0287. The van der Waals surface area contributed by atoms with Crippen molar-refractivity contribution in [1.82, 2.24) is 0 Å². The van der Waals surface area contributed by atoms with Crippen LogP contribution in [0.3, 0.4) is 0 Å². The van der Waals surface area contributed by atoms with Gasteiger partial charge in [0.1, 0.15) is 5.82 Å². The third kappa shape index (κ3) is 2.81. The molecule has 0 spiro atoms. The summed E-state index contributed by atoms with van der Waals surface area (Å²) in [5.41, 5.74) is 0.642. The Hall–Kier alpha value is -0.890. The van der Waals surface area contributed by atoms with Gasteiger partial charge in [-0.1, -0.05) is 38.0 Å². The number of aliphatic hydroxyl groups excluding tert-OH is 1. The maximum absolute atomic E-state index is 13.3. The SMILES string of the molecule is CCCCC(CO)c1ccccc1F. The smallest absolute Gasteiger partial charge is 0.126 e. The molecule has 1 aromatic rings. The maximum Gasteiger partial charge on any atom is 0.126 e. The molecule has 1 rings (SSSR count). The first kappa shape index (κ1) is 11.2. The van der Waals surface area contributed by atoms with Gasteiger partial charge in [-0.2, -0.15) is 0 Å². The van der Waals surface area contributed by atoms with E-state index < -0.39 is 0 Å². The number of hydrogen-bond donors (Lipinski definition) is 1. The summed E-state index contributed by atoms with van der Waals surface area (Å²) in [4.78, 5) is 0. The molecule has 0 aliphatic heterocycles. The van der Waals surface area contributed by atoms with Crippen molar-refractivity contribution in [3.8, 4) is 0 Å². The average Bonchev–Trinajstić information content (AvgIpc) is 2.21. The van der Waals surface area contributed by atoms with Gasteiger partial charge in [0.15, 0.2) is 0 Å². The number of halogens is 1. The van der Waals surface area contributed by atoms with Gasteiger partial charge < -0.3 is 5.11 Å². The molecule has 1 unspecified atom stereocenters. The van der Waals surface area contributed by atoms with Crippen molar-refractivity contribution in [3.05, 3.63) is 35.6 Å². The standard InChI is InChI=1S/C12H17FO/c1-2-3-6-10(9-14)11-7-4-5-8-12(11)13/h4-5,7-8,10,14H,2-3,6,9H2,1H3. The van der Waals surface area contributed by atoms with Gasteiger partial charge in [0, 0.05) is 5.92 Å². The zero-order valence-corrected chi connectivity index (χ0v) is 8.54. The van der Waals surface area contributed by atoms with Crippen LogP contribution < -0.4 is 0 Å². The fraction of sp³-hybridized carbons (Fsp3) is 0.500. The zero-order chi connectivity index (χ0) is 10.4. The van der Waals surface area contributed by atoms with Gasteiger partial charge in [-0.15, -0.1) is 0 Å². The van der Waals surface area contributed by atoms with Gasteiger partial charge in [-0.25, -0.2) is 4.39 Å². The fourth-order valence-corrected chi connectivity index (χ4v) is 1.60. The lowest BCUT2D eigenvalue weighted by atomic mass is 9.94. The summed E-state index contributed by atoms with van der Waals surface area (Å²) in [6.45, 7) is 2.12.